The van der Waals surface area contributed by atoms with E-state index < -0.39 is 14.2 Å². The second-order valence-electron chi connectivity index (χ2n) is 7.66. The highest BCUT2D eigenvalue weighted by Gasteiger charge is 2.26. The van der Waals surface area contributed by atoms with E-state index in [4.69, 9.17) is 0 Å². The Hall–Kier alpha value is -1.57. The second-order valence-corrected chi connectivity index (χ2v) is 12.4. The Balaban J connectivity index is 2.07. The summed E-state index contributed by atoms with van der Waals surface area (Å²) >= 11 is 0. The van der Waals surface area contributed by atoms with Gasteiger partial charge in [-0.05, 0) is 30.9 Å². The normalized spacial score (nSPS) is 17.7. The highest BCUT2D eigenvalue weighted by atomic mass is 28.3. The monoisotopic (exact) mass is 326 g/mol. The molecule has 1 aliphatic carbocycles. The van der Waals surface area contributed by atoms with Gasteiger partial charge in [0.05, 0.1) is 29.8 Å². The minimum absolute atomic E-state index is 0.337. The quantitative estimate of drug-likeness (QED) is 0.664. The van der Waals surface area contributed by atoms with Crippen LogP contribution in [0.5, 0.6) is 0 Å². The van der Waals surface area contributed by atoms with Crippen LogP contribution < -0.4 is 0 Å². The summed E-state index contributed by atoms with van der Waals surface area (Å²) < 4.78 is 2.02. The molecule has 0 aliphatic heterocycles. The highest BCUT2D eigenvalue weighted by Crippen LogP contribution is 2.35. The van der Waals surface area contributed by atoms with Gasteiger partial charge in [-0.25, -0.2) is 4.98 Å². The first-order chi connectivity index (χ1) is 11.0. The van der Waals surface area contributed by atoms with Crippen LogP contribution in [-0.4, -0.2) is 22.6 Å². The van der Waals surface area contributed by atoms with Crippen molar-refractivity contribution in [3.63, 3.8) is 0 Å². The fourth-order valence-corrected chi connectivity index (χ4v) is 3.86. The van der Waals surface area contributed by atoms with Crippen molar-refractivity contribution < 1.29 is 5.11 Å². The predicted octanol–water partition coefficient (Wildman–Crippen LogP) is 4.18. The van der Waals surface area contributed by atoms with E-state index in [1.807, 2.05) is 22.7 Å². The Morgan fingerprint density at radius 1 is 1.22 bits per heavy atom. The summed E-state index contributed by atoms with van der Waals surface area (Å²) in [7, 11) is -1.46. The highest BCUT2D eigenvalue weighted by molar-refractivity contribution is 6.83. The zero-order valence-electron chi connectivity index (χ0n) is 14.3. The van der Waals surface area contributed by atoms with Gasteiger partial charge in [-0.3, -0.25) is 4.40 Å². The van der Waals surface area contributed by atoms with Crippen LogP contribution in [0.1, 0.15) is 49.5 Å². The van der Waals surface area contributed by atoms with E-state index in [0.29, 0.717) is 5.92 Å². The van der Waals surface area contributed by atoms with Gasteiger partial charge in [-0.2, -0.15) is 0 Å². The van der Waals surface area contributed by atoms with Crippen LogP contribution in [0, 0.1) is 17.4 Å². The van der Waals surface area contributed by atoms with Gasteiger partial charge in [0, 0.05) is 5.56 Å². The van der Waals surface area contributed by atoms with Gasteiger partial charge >= 0.3 is 0 Å². The van der Waals surface area contributed by atoms with Crippen LogP contribution in [-0.2, 0) is 0 Å². The van der Waals surface area contributed by atoms with Crippen LogP contribution in [0.3, 0.4) is 0 Å². The SMILES string of the molecule is C[Si](C)(C)C#Cc1ccc2cncn2c1C(O)C1CCCCC1. The molecule has 0 saturated heterocycles. The molecule has 1 N–H and O–H groups in total. The number of hydrogen-bond acceptors (Lipinski definition) is 2. The molecule has 1 unspecified atom stereocenters. The Morgan fingerprint density at radius 3 is 2.65 bits per heavy atom. The van der Waals surface area contributed by atoms with Gasteiger partial charge in [0.25, 0.3) is 0 Å². The molecule has 1 atom stereocenters. The van der Waals surface area contributed by atoms with Crippen LogP contribution >= 0.6 is 0 Å². The molecule has 0 bridgehead atoms. The molecule has 3 rings (SSSR count). The Morgan fingerprint density at radius 2 is 1.96 bits per heavy atom. The third kappa shape index (κ3) is 3.68. The van der Waals surface area contributed by atoms with E-state index in [1.165, 1.54) is 19.3 Å². The predicted molar refractivity (Wildman–Crippen MR) is 97.0 cm³/mol. The molecule has 1 fully saturated rings. The first-order valence-corrected chi connectivity index (χ1v) is 12.1. The third-order valence-corrected chi connectivity index (χ3v) is 5.45. The minimum Gasteiger partial charge on any atom is -0.387 e. The molecule has 0 spiro atoms. The lowest BCUT2D eigenvalue weighted by Gasteiger charge is -2.28. The Kier molecular flexibility index (Phi) is 4.61. The van der Waals surface area contributed by atoms with Crippen molar-refractivity contribution in [1.82, 2.24) is 9.38 Å². The average Bonchev–Trinajstić information content (AvgIpc) is 3.00. The summed E-state index contributed by atoms with van der Waals surface area (Å²) in [5, 5.41) is 11.1. The van der Waals surface area contributed by atoms with Gasteiger partial charge in [0.2, 0.25) is 0 Å². The number of nitrogens with zero attached hydrogens (tertiary/aromatic N) is 2. The molecule has 1 saturated carbocycles. The second kappa shape index (κ2) is 6.50. The lowest BCUT2D eigenvalue weighted by Crippen LogP contribution is -2.20. The summed E-state index contributed by atoms with van der Waals surface area (Å²) in [5.41, 5.74) is 6.34. The Bertz CT molecular complexity index is 742. The molecule has 4 heteroatoms. The topological polar surface area (TPSA) is 37.5 Å². The first-order valence-electron chi connectivity index (χ1n) is 8.62. The minimum atomic E-state index is -1.46. The van der Waals surface area contributed by atoms with Crippen molar-refractivity contribution in [3.8, 4) is 11.5 Å². The number of rotatable bonds is 2. The van der Waals surface area contributed by atoms with Crippen LogP contribution in [0.4, 0.5) is 0 Å². The number of aromatic nitrogens is 2. The maximum atomic E-state index is 11.1. The van der Waals surface area contributed by atoms with Crippen molar-refractivity contribution in [3.05, 3.63) is 35.9 Å². The van der Waals surface area contributed by atoms with Gasteiger partial charge in [-0.1, -0.05) is 44.8 Å². The van der Waals surface area contributed by atoms with Gasteiger partial charge < -0.3 is 5.11 Å². The number of pyridine rings is 1. The number of imidazole rings is 1. The van der Waals surface area contributed by atoms with Crippen molar-refractivity contribution in [1.29, 1.82) is 0 Å². The zero-order chi connectivity index (χ0) is 16.4. The summed E-state index contributed by atoms with van der Waals surface area (Å²) in [6, 6.07) is 4.09. The van der Waals surface area contributed by atoms with Crippen molar-refractivity contribution >= 4 is 13.6 Å². The van der Waals surface area contributed by atoms with Gasteiger partial charge in [0.15, 0.2) is 0 Å². The average molecular weight is 327 g/mol. The molecule has 2 heterocycles. The van der Waals surface area contributed by atoms with Crippen LogP contribution in [0.25, 0.3) is 5.52 Å². The summed E-state index contributed by atoms with van der Waals surface area (Å²) in [4.78, 5) is 4.25. The molecule has 122 valence electrons. The zero-order valence-corrected chi connectivity index (χ0v) is 15.3. The first kappa shape index (κ1) is 16.3. The molecule has 0 amide bonds. The lowest BCUT2D eigenvalue weighted by molar-refractivity contribution is 0.0799. The van der Waals surface area contributed by atoms with E-state index in [1.54, 1.807) is 6.33 Å². The fourth-order valence-electron chi connectivity index (χ4n) is 3.35. The number of aliphatic hydroxyl groups is 1. The van der Waals surface area contributed by atoms with E-state index in [9.17, 15) is 5.11 Å². The standard InChI is InChI=1S/C19H26N2OSi/c1-23(2,3)12-11-15-9-10-17-13-20-14-21(17)18(15)19(22)16-7-5-4-6-8-16/h9-10,13-14,16,19,22H,4-8H2,1-3H3. The van der Waals surface area contributed by atoms with Gasteiger partial charge in [0.1, 0.15) is 8.07 Å². The number of fused-ring (bicyclic) bond motifs is 1. The maximum Gasteiger partial charge on any atom is 0.129 e. The third-order valence-electron chi connectivity index (χ3n) is 4.57. The summed E-state index contributed by atoms with van der Waals surface area (Å²) in [6.45, 7) is 6.73. The van der Waals surface area contributed by atoms with Crippen LogP contribution in [0.2, 0.25) is 19.6 Å². The van der Waals surface area contributed by atoms with E-state index in [0.717, 1.165) is 29.6 Å². The smallest absolute Gasteiger partial charge is 0.129 e. The van der Waals surface area contributed by atoms with Crippen LogP contribution in [0.15, 0.2) is 24.7 Å². The molecule has 2 aromatic heterocycles. The molecule has 1 aliphatic rings. The van der Waals surface area contributed by atoms with E-state index >= 15 is 0 Å². The van der Waals surface area contributed by atoms with Crippen molar-refractivity contribution in [2.75, 3.05) is 0 Å². The maximum absolute atomic E-state index is 11.1. The fraction of sp³-hybridized carbons (Fsp3) is 0.526. The van der Waals surface area contributed by atoms with Crippen molar-refractivity contribution in [2.24, 2.45) is 5.92 Å². The van der Waals surface area contributed by atoms with Gasteiger partial charge in [-0.15, -0.1) is 5.54 Å². The van der Waals surface area contributed by atoms with E-state index in [-0.39, 0.29) is 0 Å². The van der Waals surface area contributed by atoms with Crippen molar-refractivity contribution in [2.45, 2.75) is 57.8 Å². The number of aliphatic hydroxyl groups excluding tert-OH is 1. The number of hydrogen-bond donors (Lipinski definition) is 1. The molecule has 3 nitrogen and oxygen atoms in total. The van der Waals surface area contributed by atoms with E-state index in [2.05, 4.69) is 36.1 Å². The molecular formula is C19H26N2OSi. The summed E-state index contributed by atoms with van der Waals surface area (Å²) in [6.07, 6.45) is 9.12. The molecular weight excluding hydrogens is 300 g/mol. The molecule has 0 radical (unpaired) electrons. The Labute approximate surface area is 139 Å². The molecule has 0 aromatic carbocycles. The summed E-state index contributed by atoms with van der Waals surface area (Å²) in [5.74, 6) is 3.70. The lowest BCUT2D eigenvalue weighted by atomic mass is 9.83. The largest absolute Gasteiger partial charge is 0.387 e. The molecule has 2 aromatic rings. The molecule has 23 heavy (non-hydrogen) atoms.